The summed E-state index contributed by atoms with van der Waals surface area (Å²) in [6.45, 7) is 3.78. The second kappa shape index (κ2) is 6.30. The first-order chi connectivity index (χ1) is 10.2. The monoisotopic (exact) mass is 347 g/mol. The molecule has 2 aromatic rings. The number of thiophene rings is 1. The van der Waals surface area contributed by atoms with Crippen LogP contribution in [0.25, 0.3) is 0 Å². The van der Waals surface area contributed by atoms with Crippen LogP contribution >= 0.6 is 22.9 Å². The summed E-state index contributed by atoms with van der Waals surface area (Å²) in [6, 6.07) is 3.27. The Hall–Kier alpha value is -1.53. The van der Waals surface area contributed by atoms with Crippen molar-refractivity contribution in [2.24, 2.45) is 0 Å². The van der Waals surface area contributed by atoms with Crippen molar-refractivity contribution in [3.63, 3.8) is 0 Å². The van der Waals surface area contributed by atoms with Crippen molar-refractivity contribution in [1.82, 2.24) is 0 Å². The number of hydrogen-bond acceptors (Lipinski definition) is 2. The lowest BCUT2D eigenvalue weighted by molar-refractivity contribution is -0.136. The number of hydrogen-bond donors (Lipinski definition) is 1. The van der Waals surface area contributed by atoms with E-state index in [9.17, 15) is 18.0 Å². The van der Waals surface area contributed by atoms with Crippen LogP contribution in [0.3, 0.4) is 0 Å². The predicted molar refractivity (Wildman–Crippen MR) is 82.8 cm³/mol. The molecule has 1 heterocycles. The van der Waals surface area contributed by atoms with E-state index in [-0.39, 0.29) is 10.7 Å². The molecule has 1 aromatic heterocycles. The first kappa shape index (κ1) is 16.8. The Morgan fingerprint density at radius 3 is 2.64 bits per heavy atom. The highest BCUT2D eigenvalue weighted by Crippen LogP contribution is 2.37. The summed E-state index contributed by atoms with van der Waals surface area (Å²) in [4.78, 5) is 13.3. The summed E-state index contributed by atoms with van der Waals surface area (Å²) >= 11 is 7.02. The summed E-state index contributed by atoms with van der Waals surface area (Å²) in [5, 5.41) is 3.96. The van der Waals surface area contributed by atoms with Crippen LogP contribution in [0.4, 0.5) is 18.9 Å². The van der Waals surface area contributed by atoms with Gasteiger partial charge in [0.1, 0.15) is 0 Å². The Bertz CT molecular complexity index is 709. The van der Waals surface area contributed by atoms with Gasteiger partial charge in [0.25, 0.3) is 5.91 Å². The minimum absolute atomic E-state index is 0.0362. The third-order valence-corrected chi connectivity index (χ3v) is 4.43. The Balaban J connectivity index is 2.37. The molecular weight excluding hydrogens is 335 g/mol. The largest absolute Gasteiger partial charge is 0.418 e. The van der Waals surface area contributed by atoms with E-state index in [4.69, 9.17) is 11.6 Å². The molecule has 22 heavy (non-hydrogen) atoms. The molecule has 0 saturated carbocycles. The fourth-order valence-electron chi connectivity index (χ4n) is 2.16. The van der Waals surface area contributed by atoms with Crippen LogP contribution in [0.5, 0.6) is 0 Å². The number of benzene rings is 1. The van der Waals surface area contributed by atoms with Gasteiger partial charge in [-0.15, -0.1) is 11.3 Å². The summed E-state index contributed by atoms with van der Waals surface area (Å²) in [7, 11) is 0. The zero-order chi connectivity index (χ0) is 16.5. The molecule has 7 heteroatoms. The molecule has 0 spiro atoms. The summed E-state index contributed by atoms with van der Waals surface area (Å²) in [5.74, 6) is -0.547. The van der Waals surface area contributed by atoms with E-state index < -0.39 is 17.6 Å². The molecule has 0 aliphatic rings. The highest BCUT2D eigenvalue weighted by Gasteiger charge is 2.34. The minimum Gasteiger partial charge on any atom is -0.321 e. The molecule has 0 unspecified atom stereocenters. The third kappa shape index (κ3) is 3.44. The Morgan fingerprint density at radius 2 is 2.05 bits per heavy atom. The van der Waals surface area contributed by atoms with Crippen LogP contribution in [0.15, 0.2) is 23.6 Å². The fourth-order valence-corrected chi connectivity index (χ4v) is 3.27. The van der Waals surface area contributed by atoms with Crippen molar-refractivity contribution < 1.29 is 18.0 Å². The predicted octanol–water partition coefficient (Wildman–Crippen LogP) is 5.54. The molecule has 1 aromatic carbocycles. The number of carbonyl (C=O) groups is 1. The molecule has 0 aliphatic carbocycles. The van der Waals surface area contributed by atoms with E-state index in [0.29, 0.717) is 12.0 Å². The lowest BCUT2D eigenvalue weighted by Gasteiger charge is -2.14. The lowest BCUT2D eigenvalue weighted by Crippen LogP contribution is -2.17. The van der Waals surface area contributed by atoms with Crippen molar-refractivity contribution >= 4 is 34.5 Å². The minimum atomic E-state index is -4.59. The van der Waals surface area contributed by atoms with Gasteiger partial charge in [0.05, 0.1) is 16.8 Å². The maximum atomic E-state index is 13.0. The molecule has 1 amide bonds. The van der Waals surface area contributed by atoms with Gasteiger partial charge >= 0.3 is 6.18 Å². The SMILES string of the molecule is CCc1c(C(=O)Nc2ccc(Cl)cc2C(F)(F)F)csc1C. The van der Waals surface area contributed by atoms with E-state index in [0.717, 1.165) is 22.6 Å². The first-order valence-electron chi connectivity index (χ1n) is 6.49. The average molecular weight is 348 g/mol. The quantitative estimate of drug-likeness (QED) is 0.775. The van der Waals surface area contributed by atoms with Crippen molar-refractivity contribution in [1.29, 1.82) is 0 Å². The van der Waals surface area contributed by atoms with Gasteiger partial charge in [0, 0.05) is 15.3 Å². The summed E-state index contributed by atoms with van der Waals surface area (Å²) in [6.07, 6.45) is -3.95. The second-order valence-electron chi connectivity index (χ2n) is 4.68. The molecule has 0 saturated heterocycles. The summed E-state index contributed by atoms with van der Waals surface area (Å²) < 4.78 is 39.1. The molecule has 0 radical (unpaired) electrons. The third-order valence-electron chi connectivity index (χ3n) is 3.24. The number of nitrogens with one attached hydrogen (secondary N) is 1. The smallest absolute Gasteiger partial charge is 0.321 e. The van der Waals surface area contributed by atoms with Gasteiger partial charge in [0.15, 0.2) is 0 Å². The number of carbonyl (C=O) groups excluding carboxylic acids is 1. The molecule has 0 bridgehead atoms. The van der Waals surface area contributed by atoms with E-state index in [1.807, 2.05) is 13.8 Å². The van der Waals surface area contributed by atoms with E-state index in [2.05, 4.69) is 5.32 Å². The number of rotatable bonds is 3. The molecule has 118 valence electrons. The topological polar surface area (TPSA) is 29.1 Å². The molecule has 0 atom stereocenters. The number of aryl methyl sites for hydroxylation is 1. The lowest BCUT2D eigenvalue weighted by atomic mass is 10.1. The Labute approximate surface area is 134 Å². The molecule has 2 nitrogen and oxygen atoms in total. The normalized spacial score (nSPS) is 11.5. The van der Waals surface area contributed by atoms with Gasteiger partial charge < -0.3 is 5.32 Å². The standard InChI is InChI=1S/C15H13ClF3NOS/c1-3-10-8(2)22-7-11(10)14(21)20-13-5-4-9(16)6-12(13)15(17,18)19/h4-7H,3H2,1-2H3,(H,20,21). The second-order valence-corrected chi connectivity index (χ2v) is 6.20. The van der Waals surface area contributed by atoms with Gasteiger partial charge in [-0.1, -0.05) is 18.5 Å². The van der Waals surface area contributed by atoms with Crippen molar-refractivity contribution in [2.45, 2.75) is 26.4 Å². The van der Waals surface area contributed by atoms with Crippen molar-refractivity contribution in [2.75, 3.05) is 5.32 Å². The van der Waals surface area contributed by atoms with E-state index in [1.54, 1.807) is 5.38 Å². The maximum Gasteiger partial charge on any atom is 0.418 e. The van der Waals surface area contributed by atoms with E-state index >= 15 is 0 Å². The van der Waals surface area contributed by atoms with Gasteiger partial charge in [-0.25, -0.2) is 0 Å². The first-order valence-corrected chi connectivity index (χ1v) is 7.74. The molecule has 2 rings (SSSR count). The highest BCUT2D eigenvalue weighted by atomic mass is 35.5. The van der Waals surface area contributed by atoms with Gasteiger partial charge in [-0.2, -0.15) is 13.2 Å². The zero-order valence-electron chi connectivity index (χ0n) is 11.8. The highest BCUT2D eigenvalue weighted by molar-refractivity contribution is 7.10. The molecule has 0 fully saturated rings. The maximum absolute atomic E-state index is 13.0. The number of halogens is 4. The molecule has 0 aliphatic heterocycles. The van der Waals surface area contributed by atoms with E-state index in [1.165, 1.54) is 17.4 Å². The molecular formula is C15H13ClF3NOS. The number of amides is 1. The Morgan fingerprint density at radius 1 is 1.36 bits per heavy atom. The van der Waals surface area contributed by atoms with Crippen LogP contribution in [-0.4, -0.2) is 5.91 Å². The zero-order valence-corrected chi connectivity index (χ0v) is 13.4. The average Bonchev–Trinajstić information content (AvgIpc) is 2.80. The van der Waals surface area contributed by atoms with Crippen LogP contribution in [-0.2, 0) is 12.6 Å². The Kier molecular flexibility index (Phi) is 4.82. The van der Waals surface area contributed by atoms with Gasteiger partial charge in [-0.05, 0) is 37.1 Å². The van der Waals surface area contributed by atoms with Crippen molar-refractivity contribution in [3.05, 3.63) is 50.2 Å². The van der Waals surface area contributed by atoms with Crippen LogP contribution in [0.1, 0.15) is 33.3 Å². The summed E-state index contributed by atoms with van der Waals surface area (Å²) in [5.41, 5.74) is 0.00394. The van der Waals surface area contributed by atoms with Gasteiger partial charge in [0.2, 0.25) is 0 Å². The van der Waals surface area contributed by atoms with Crippen molar-refractivity contribution in [3.8, 4) is 0 Å². The van der Waals surface area contributed by atoms with Crippen LogP contribution in [0, 0.1) is 6.92 Å². The van der Waals surface area contributed by atoms with Gasteiger partial charge in [-0.3, -0.25) is 4.79 Å². The van der Waals surface area contributed by atoms with Crippen LogP contribution < -0.4 is 5.32 Å². The van der Waals surface area contributed by atoms with Crippen LogP contribution in [0.2, 0.25) is 5.02 Å². The fraction of sp³-hybridized carbons (Fsp3) is 0.267. The number of anilines is 1. The molecule has 1 N–H and O–H groups in total. The number of alkyl halides is 3.